The molecule has 0 unspecified atom stereocenters. The van der Waals surface area contributed by atoms with E-state index in [-0.39, 0.29) is 12.3 Å². The van der Waals surface area contributed by atoms with E-state index in [4.69, 9.17) is 40.2 Å². The molecule has 0 saturated carbocycles. The molecular weight excluding hydrogens is 222 g/mol. The van der Waals surface area contributed by atoms with Crippen LogP contribution in [0.4, 0.5) is 0 Å². The highest BCUT2D eigenvalue weighted by atomic mass is 35.6. The fourth-order valence-corrected chi connectivity index (χ4v) is 0.713. The molecule has 0 aliphatic rings. The zero-order valence-corrected chi connectivity index (χ0v) is 9.08. The van der Waals surface area contributed by atoms with Crippen LogP contribution in [0.2, 0.25) is 0 Å². The van der Waals surface area contributed by atoms with E-state index in [1.165, 1.54) is 0 Å². The van der Waals surface area contributed by atoms with Gasteiger partial charge in [0, 0.05) is 20.5 Å². The summed E-state index contributed by atoms with van der Waals surface area (Å²) in [5, 5.41) is 16.6. The maximum Gasteiger partial charge on any atom is 0.216 e. The van der Waals surface area contributed by atoms with Crippen LogP contribution in [0.5, 0.6) is 0 Å². The van der Waals surface area contributed by atoms with Crippen molar-refractivity contribution in [3.05, 3.63) is 0 Å². The lowest BCUT2D eigenvalue weighted by atomic mass is 10.2. The number of aliphatic hydroxyl groups is 1. The first-order chi connectivity index (χ1) is 5.25. The van der Waals surface area contributed by atoms with Crippen molar-refractivity contribution in [3.63, 3.8) is 0 Å². The van der Waals surface area contributed by atoms with Crippen molar-refractivity contribution in [2.24, 2.45) is 0 Å². The number of aliphatic hydroxyl groups excluding tert-OH is 1. The molecule has 0 radical (unpaired) electrons. The Hall–Kier alpha value is 0.300. The van der Waals surface area contributed by atoms with Crippen LogP contribution in [-0.4, -0.2) is 39.8 Å². The van der Waals surface area contributed by atoms with Gasteiger partial charge >= 0.3 is 0 Å². The molecule has 12 heavy (non-hydrogen) atoms. The zero-order valence-electron chi connectivity index (χ0n) is 6.81. The highest BCUT2D eigenvalue weighted by Gasteiger charge is 2.31. The van der Waals surface area contributed by atoms with E-state index in [9.17, 15) is 5.11 Å². The Bertz CT molecular complexity index is 167. The minimum Gasteiger partial charge on any atom is -0.388 e. The monoisotopic (exact) mass is 232 g/mol. The summed E-state index contributed by atoms with van der Waals surface area (Å²) < 4.78 is -1.72. The standard InChI is InChI=1S/C6H11Cl3N2O/c1-11(2)5(10)3-4(12)6(7,8)9/h4,10,12H,3H2,1-2H3/t4-/m1/s1. The maximum atomic E-state index is 9.24. The summed E-state index contributed by atoms with van der Waals surface area (Å²) in [6.45, 7) is 0. The van der Waals surface area contributed by atoms with Gasteiger partial charge in [-0.1, -0.05) is 34.8 Å². The van der Waals surface area contributed by atoms with Gasteiger partial charge in [0.05, 0.1) is 5.84 Å². The third-order valence-electron chi connectivity index (χ3n) is 1.30. The lowest BCUT2D eigenvalue weighted by molar-refractivity contribution is 0.183. The van der Waals surface area contributed by atoms with Gasteiger partial charge in [0.25, 0.3) is 0 Å². The number of hydrogen-bond acceptors (Lipinski definition) is 2. The van der Waals surface area contributed by atoms with Crippen molar-refractivity contribution in [1.82, 2.24) is 4.90 Å². The van der Waals surface area contributed by atoms with Gasteiger partial charge in [-0.2, -0.15) is 0 Å². The fourth-order valence-electron chi connectivity index (χ4n) is 0.481. The van der Waals surface area contributed by atoms with Gasteiger partial charge in [0.15, 0.2) is 0 Å². The molecular formula is C6H11Cl3N2O. The van der Waals surface area contributed by atoms with E-state index in [2.05, 4.69) is 0 Å². The van der Waals surface area contributed by atoms with Gasteiger partial charge in [-0.15, -0.1) is 0 Å². The molecule has 0 aromatic carbocycles. The first-order valence-electron chi connectivity index (χ1n) is 3.24. The second-order valence-corrected chi connectivity index (χ2v) is 4.97. The van der Waals surface area contributed by atoms with E-state index in [1.807, 2.05) is 0 Å². The number of halogens is 3. The molecule has 3 nitrogen and oxygen atoms in total. The van der Waals surface area contributed by atoms with Crippen LogP contribution in [0.1, 0.15) is 6.42 Å². The topological polar surface area (TPSA) is 47.3 Å². The molecule has 0 bridgehead atoms. The Kier molecular flexibility index (Phi) is 4.62. The lowest BCUT2D eigenvalue weighted by Crippen LogP contribution is -2.32. The molecule has 0 saturated heterocycles. The average molecular weight is 234 g/mol. The summed E-state index contributed by atoms with van der Waals surface area (Å²) in [5.41, 5.74) is 0. The van der Waals surface area contributed by atoms with Crippen LogP contribution in [0.15, 0.2) is 0 Å². The Morgan fingerprint density at radius 2 is 1.92 bits per heavy atom. The molecule has 0 aliphatic carbocycles. The Labute approximate surface area is 86.7 Å². The van der Waals surface area contributed by atoms with Crippen molar-refractivity contribution < 1.29 is 5.11 Å². The van der Waals surface area contributed by atoms with E-state index >= 15 is 0 Å². The minimum atomic E-state index is -1.72. The van der Waals surface area contributed by atoms with Crippen LogP contribution in [0, 0.1) is 5.41 Å². The smallest absolute Gasteiger partial charge is 0.216 e. The number of alkyl halides is 3. The molecule has 0 fully saturated rings. The predicted molar refractivity (Wildman–Crippen MR) is 52.3 cm³/mol. The highest BCUT2D eigenvalue weighted by molar-refractivity contribution is 6.68. The van der Waals surface area contributed by atoms with E-state index < -0.39 is 9.90 Å². The summed E-state index contributed by atoms with van der Waals surface area (Å²) in [7, 11) is 3.38. The Morgan fingerprint density at radius 1 is 1.50 bits per heavy atom. The molecule has 0 amide bonds. The van der Waals surface area contributed by atoms with Crippen LogP contribution in [0.25, 0.3) is 0 Å². The average Bonchev–Trinajstić information content (AvgIpc) is 1.85. The zero-order chi connectivity index (χ0) is 9.94. The molecule has 0 aromatic heterocycles. The summed E-state index contributed by atoms with van der Waals surface area (Å²) >= 11 is 16.2. The Morgan fingerprint density at radius 3 is 2.17 bits per heavy atom. The fraction of sp³-hybridized carbons (Fsp3) is 0.833. The third kappa shape index (κ3) is 4.36. The first kappa shape index (κ1) is 12.3. The molecule has 0 spiro atoms. The van der Waals surface area contributed by atoms with E-state index in [1.54, 1.807) is 19.0 Å². The van der Waals surface area contributed by atoms with Crippen molar-refractivity contribution in [1.29, 1.82) is 5.41 Å². The summed E-state index contributed by atoms with van der Waals surface area (Å²) in [4.78, 5) is 1.54. The molecule has 0 aliphatic heterocycles. The van der Waals surface area contributed by atoms with E-state index in [0.717, 1.165) is 0 Å². The summed E-state index contributed by atoms with van der Waals surface area (Å²) in [6, 6.07) is 0. The van der Waals surface area contributed by atoms with Crippen molar-refractivity contribution >= 4 is 40.6 Å². The van der Waals surface area contributed by atoms with Gasteiger partial charge in [0.1, 0.15) is 6.10 Å². The number of rotatable bonds is 2. The maximum absolute atomic E-state index is 9.24. The molecule has 72 valence electrons. The van der Waals surface area contributed by atoms with Gasteiger partial charge in [-0.3, -0.25) is 5.41 Å². The second kappa shape index (κ2) is 4.51. The summed E-state index contributed by atoms with van der Waals surface area (Å²) in [5.74, 6) is 0.217. The SMILES string of the molecule is CN(C)C(=N)C[C@@H](O)C(Cl)(Cl)Cl. The number of nitrogens with zero attached hydrogens (tertiary/aromatic N) is 1. The van der Waals surface area contributed by atoms with Gasteiger partial charge in [-0.25, -0.2) is 0 Å². The van der Waals surface area contributed by atoms with Crippen LogP contribution >= 0.6 is 34.8 Å². The van der Waals surface area contributed by atoms with Crippen molar-refractivity contribution in [3.8, 4) is 0 Å². The minimum absolute atomic E-state index is 0.0312. The highest BCUT2D eigenvalue weighted by Crippen LogP contribution is 2.31. The molecule has 2 N–H and O–H groups in total. The van der Waals surface area contributed by atoms with Gasteiger partial charge in [-0.05, 0) is 0 Å². The predicted octanol–water partition coefficient (Wildman–Crippen LogP) is 1.65. The first-order valence-corrected chi connectivity index (χ1v) is 4.38. The quantitative estimate of drug-likeness (QED) is 0.433. The Balaban J connectivity index is 4.02. The second-order valence-electron chi connectivity index (χ2n) is 2.60. The lowest BCUT2D eigenvalue weighted by Gasteiger charge is -2.21. The van der Waals surface area contributed by atoms with Gasteiger partial charge in [0.2, 0.25) is 3.79 Å². The largest absolute Gasteiger partial charge is 0.388 e. The summed E-state index contributed by atoms with van der Waals surface area (Å²) in [6.07, 6.45) is -1.11. The molecule has 0 aromatic rings. The van der Waals surface area contributed by atoms with E-state index in [0.29, 0.717) is 0 Å². The van der Waals surface area contributed by atoms with Crippen LogP contribution in [-0.2, 0) is 0 Å². The number of nitrogens with one attached hydrogen (secondary N) is 1. The molecule has 0 rings (SSSR count). The molecule has 6 heteroatoms. The van der Waals surface area contributed by atoms with Crippen LogP contribution < -0.4 is 0 Å². The number of hydrogen-bond donors (Lipinski definition) is 2. The van der Waals surface area contributed by atoms with Crippen molar-refractivity contribution in [2.75, 3.05) is 14.1 Å². The number of amidine groups is 1. The van der Waals surface area contributed by atoms with Crippen molar-refractivity contribution in [2.45, 2.75) is 16.3 Å². The van der Waals surface area contributed by atoms with Gasteiger partial charge < -0.3 is 10.0 Å². The normalized spacial score (nSPS) is 14.2. The van der Waals surface area contributed by atoms with Crippen LogP contribution in [0.3, 0.4) is 0 Å². The third-order valence-corrected chi connectivity index (χ3v) is 2.06. The molecule has 1 atom stereocenters. The molecule has 0 heterocycles.